The molecule has 7 N–H and O–H groups in total. The van der Waals surface area contributed by atoms with E-state index < -0.39 is 85.5 Å². The number of non-ortho nitro benzene ring substituents is 1. The maximum absolute atomic E-state index is 12.2. The van der Waals surface area contributed by atoms with Gasteiger partial charge in [-0.1, -0.05) is 0 Å². The minimum Gasteiger partial charge on any atom is -0.459 e. The summed E-state index contributed by atoms with van der Waals surface area (Å²) >= 11 is 0. The highest BCUT2D eigenvalue weighted by atomic mass is 16.8. The highest BCUT2D eigenvalue weighted by Crippen LogP contribution is 2.36. The van der Waals surface area contributed by atoms with E-state index in [1.165, 1.54) is 0 Å². The van der Waals surface area contributed by atoms with Crippen LogP contribution in [0.1, 0.15) is 10.4 Å². The van der Waals surface area contributed by atoms with E-state index in [2.05, 4.69) is 0 Å². The molecule has 0 bridgehead atoms. The van der Waals surface area contributed by atoms with E-state index in [0.29, 0.717) is 0 Å². The molecule has 2 heterocycles. The molecule has 0 spiro atoms. The molecule has 15 nitrogen and oxygen atoms in total. The van der Waals surface area contributed by atoms with Crippen LogP contribution in [0, 0.1) is 10.1 Å². The Bertz CT molecular complexity index is 867. The topological polar surface area (TPSA) is 239 Å². The number of carbonyl (C=O) groups is 1. The zero-order valence-electron chi connectivity index (χ0n) is 17.5. The van der Waals surface area contributed by atoms with Crippen molar-refractivity contribution in [2.45, 2.75) is 54.8 Å². The summed E-state index contributed by atoms with van der Waals surface area (Å²) in [5.74, 6) is -3.28. The quantitative estimate of drug-likeness (QED) is 0.106. The lowest BCUT2D eigenvalue weighted by atomic mass is 9.99. The number of nitro benzene ring substituents is 1. The van der Waals surface area contributed by atoms with E-state index >= 15 is 0 Å². The third kappa shape index (κ3) is 5.03. The Balaban J connectivity index is 1.68. The van der Waals surface area contributed by atoms with E-state index in [0.717, 1.165) is 24.3 Å². The van der Waals surface area contributed by atoms with Crippen molar-refractivity contribution < 1.29 is 64.4 Å². The van der Waals surface area contributed by atoms with Crippen LogP contribution in [0.2, 0.25) is 0 Å². The molecule has 2 saturated heterocycles. The van der Waals surface area contributed by atoms with Crippen molar-refractivity contribution >= 4 is 11.7 Å². The van der Waals surface area contributed by atoms with Gasteiger partial charge >= 0.3 is 5.97 Å². The Morgan fingerprint density at radius 1 is 1.00 bits per heavy atom. The first kappa shape index (κ1) is 26.3. The molecule has 2 aliphatic heterocycles. The summed E-state index contributed by atoms with van der Waals surface area (Å²) in [7, 11) is 0. The number of carbonyl (C=O) groups excluding carboxylic acids is 1. The number of esters is 1. The fourth-order valence-corrected chi connectivity index (χ4v) is 3.58. The fourth-order valence-electron chi connectivity index (χ4n) is 3.58. The SMILES string of the molecule is O=C(OC[C@@H]1O[C@@H](O[C@]2(CO)O[C@@H](CO)[C@H](O)[C@@H]2O)[C@@H](O)[C@@H](O)[C@@H]1O)c1ccc([N+](=O)[O-])cc1. The van der Waals surface area contributed by atoms with Crippen LogP contribution >= 0.6 is 0 Å². The molecule has 34 heavy (non-hydrogen) atoms. The molecular weight excluding hydrogens is 466 g/mol. The van der Waals surface area contributed by atoms with Gasteiger partial charge in [0.1, 0.15) is 55.9 Å². The summed E-state index contributed by atoms with van der Waals surface area (Å²) < 4.78 is 20.9. The maximum atomic E-state index is 12.2. The summed E-state index contributed by atoms with van der Waals surface area (Å²) in [6, 6.07) is 4.47. The molecule has 3 rings (SSSR count). The standard InChI is InChI=1S/C19H25NO14/c21-5-10-13(24)16(27)19(7-22,33-10)34-18-15(26)14(25)12(23)11(32-18)6-31-17(28)8-1-3-9(4-2-8)20(29)30/h1-4,10-16,18,21-27H,5-7H2/t10-,11-,12+,13-,14-,15-,16-,18-,19-/m0/s1. The smallest absolute Gasteiger partial charge is 0.338 e. The zero-order chi connectivity index (χ0) is 25.2. The number of aliphatic hydroxyl groups excluding tert-OH is 7. The van der Waals surface area contributed by atoms with E-state index in [9.17, 15) is 50.7 Å². The van der Waals surface area contributed by atoms with Gasteiger partial charge in [0.15, 0.2) is 6.29 Å². The molecular formula is C19H25NO14. The number of rotatable bonds is 8. The van der Waals surface area contributed by atoms with Gasteiger partial charge in [0, 0.05) is 12.1 Å². The number of ether oxygens (including phenoxy) is 4. The number of aliphatic hydroxyl groups is 7. The van der Waals surface area contributed by atoms with Gasteiger partial charge in [-0.15, -0.1) is 0 Å². The number of nitro groups is 1. The molecule has 0 amide bonds. The number of benzene rings is 1. The van der Waals surface area contributed by atoms with Crippen LogP contribution in [0.5, 0.6) is 0 Å². The van der Waals surface area contributed by atoms with E-state index in [1.807, 2.05) is 0 Å². The number of nitrogens with zero attached hydrogens (tertiary/aromatic N) is 1. The molecule has 190 valence electrons. The van der Waals surface area contributed by atoms with Crippen LogP contribution in [0.3, 0.4) is 0 Å². The third-order valence-corrected chi connectivity index (χ3v) is 5.58. The Morgan fingerprint density at radius 2 is 1.65 bits per heavy atom. The highest BCUT2D eigenvalue weighted by Gasteiger charge is 2.58. The second-order valence-corrected chi connectivity index (χ2v) is 7.78. The van der Waals surface area contributed by atoms with Crippen molar-refractivity contribution in [1.82, 2.24) is 0 Å². The van der Waals surface area contributed by atoms with E-state index in [4.69, 9.17) is 18.9 Å². The van der Waals surface area contributed by atoms with Gasteiger partial charge in [-0.05, 0) is 12.1 Å². The largest absolute Gasteiger partial charge is 0.459 e. The lowest BCUT2D eigenvalue weighted by Gasteiger charge is -2.43. The van der Waals surface area contributed by atoms with Crippen molar-refractivity contribution in [2.75, 3.05) is 19.8 Å². The Labute approximate surface area is 191 Å². The summed E-state index contributed by atoms with van der Waals surface area (Å²) in [5.41, 5.74) is -0.294. The Kier molecular flexibility index (Phi) is 8.14. The van der Waals surface area contributed by atoms with Crippen LogP contribution in [-0.4, -0.2) is 121 Å². The van der Waals surface area contributed by atoms with Gasteiger partial charge in [0.2, 0.25) is 5.79 Å². The molecule has 9 atom stereocenters. The van der Waals surface area contributed by atoms with Gasteiger partial charge in [0.25, 0.3) is 5.69 Å². The van der Waals surface area contributed by atoms with Gasteiger partial charge in [-0.2, -0.15) is 0 Å². The Hall–Kier alpha value is -2.31. The lowest BCUT2D eigenvalue weighted by Crippen LogP contribution is -2.62. The minimum absolute atomic E-state index is 0.0463. The number of hydrogen-bond acceptors (Lipinski definition) is 14. The second-order valence-electron chi connectivity index (χ2n) is 7.78. The second kappa shape index (κ2) is 10.5. The van der Waals surface area contributed by atoms with Crippen molar-refractivity contribution in [2.24, 2.45) is 0 Å². The molecule has 15 heteroatoms. The van der Waals surface area contributed by atoms with Crippen LogP contribution in [0.4, 0.5) is 5.69 Å². The zero-order valence-corrected chi connectivity index (χ0v) is 17.5. The van der Waals surface area contributed by atoms with Crippen molar-refractivity contribution in [1.29, 1.82) is 0 Å². The molecule has 0 aliphatic carbocycles. The normalized spacial score (nSPS) is 38.0. The molecule has 1 aromatic carbocycles. The molecule has 0 radical (unpaired) electrons. The predicted molar refractivity (Wildman–Crippen MR) is 105 cm³/mol. The highest BCUT2D eigenvalue weighted by molar-refractivity contribution is 5.89. The van der Waals surface area contributed by atoms with Crippen LogP contribution in [-0.2, 0) is 18.9 Å². The molecule has 2 aliphatic rings. The molecule has 2 fully saturated rings. The van der Waals surface area contributed by atoms with Crippen LogP contribution < -0.4 is 0 Å². The summed E-state index contributed by atoms with van der Waals surface area (Å²) in [4.78, 5) is 22.3. The summed E-state index contributed by atoms with van der Waals surface area (Å²) in [6.45, 7) is -2.44. The van der Waals surface area contributed by atoms with Crippen molar-refractivity contribution in [3.63, 3.8) is 0 Å². The predicted octanol–water partition coefficient (Wildman–Crippen LogP) is -3.62. The first-order chi connectivity index (χ1) is 16.0. The lowest BCUT2D eigenvalue weighted by molar-refractivity contribution is -0.384. The summed E-state index contributed by atoms with van der Waals surface area (Å²) in [6.07, 6.45) is -13.7. The molecule has 1 aromatic rings. The Morgan fingerprint density at radius 3 is 2.18 bits per heavy atom. The van der Waals surface area contributed by atoms with Crippen molar-refractivity contribution in [3.8, 4) is 0 Å². The third-order valence-electron chi connectivity index (χ3n) is 5.58. The fraction of sp³-hybridized carbons (Fsp3) is 0.632. The first-order valence-corrected chi connectivity index (χ1v) is 10.1. The van der Waals surface area contributed by atoms with Crippen molar-refractivity contribution in [3.05, 3.63) is 39.9 Å². The summed E-state index contributed by atoms with van der Waals surface area (Å²) in [5, 5.41) is 80.5. The first-order valence-electron chi connectivity index (χ1n) is 10.1. The average Bonchev–Trinajstić information content (AvgIpc) is 3.08. The van der Waals surface area contributed by atoms with Gasteiger partial charge in [-0.3, -0.25) is 10.1 Å². The molecule has 0 saturated carbocycles. The van der Waals surface area contributed by atoms with Gasteiger partial charge < -0.3 is 54.7 Å². The van der Waals surface area contributed by atoms with Crippen LogP contribution in [0.25, 0.3) is 0 Å². The van der Waals surface area contributed by atoms with E-state index in [-0.39, 0.29) is 11.3 Å². The molecule has 0 aromatic heterocycles. The monoisotopic (exact) mass is 491 g/mol. The maximum Gasteiger partial charge on any atom is 0.338 e. The average molecular weight is 491 g/mol. The van der Waals surface area contributed by atoms with Crippen LogP contribution in [0.15, 0.2) is 24.3 Å². The number of hydrogen-bond donors (Lipinski definition) is 7. The minimum atomic E-state index is -2.35. The molecule has 0 unspecified atom stereocenters. The van der Waals surface area contributed by atoms with Gasteiger partial charge in [-0.25, -0.2) is 4.79 Å². The van der Waals surface area contributed by atoms with E-state index in [1.54, 1.807) is 0 Å². The van der Waals surface area contributed by atoms with Gasteiger partial charge in [0.05, 0.1) is 17.1 Å².